The molecule has 0 fully saturated rings. The average Bonchev–Trinajstić information content (AvgIpc) is 2.60. The molecule has 0 bridgehead atoms. The summed E-state index contributed by atoms with van der Waals surface area (Å²) in [6.45, 7) is 9.00. The van der Waals surface area contributed by atoms with E-state index in [2.05, 4.69) is 5.32 Å². The number of aryl methyl sites for hydroxylation is 4. The molecular weight excluding hydrogens is 358 g/mol. The summed E-state index contributed by atoms with van der Waals surface area (Å²) >= 11 is 0. The van der Waals surface area contributed by atoms with Gasteiger partial charge in [-0.3, -0.25) is 4.79 Å². The van der Waals surface area contributed by atoms with Gasteiger partial charge < -0.3 is 19.5 Å². The molecular formula is C22H27NO5. The predicted molar refractivity (Wildman–Crippen MR) is 108 cm³/mol. The molecule has 1 amide bonds. The fourth-order valence-electron chi connectivity index (χ4n) is 2.96. The summed E-state index contributed by atoms with van der Waals surface area (Å²) in [5.41, 5.74) is 4.52. The van der Waals surface area contributed by atoms with Crippen molar-refractivity contribution in [3.63, 3.8) is 0 Å². The van der Waals surface area contributed by atoms with Gasteiger partial charge in [0.05, 0.1) is 12.8 Å². The molecule has 0 aromatic heterocycles. The molecule has 2 aromatic carbocycles. The van der Waals surface area contributed by atoms with E-state index in [1.807, 2.05) is 45.9 Å². The van der Waals surface area contributed by atoms with Gasteiger partial charge in [0, 0.05) is 0 Å². The molecule has 0 saturated heterocycles. The van der Waals surface area contributed by atoms with Crippen LogP contribution in [0.15, 0.2) is 30.3 Å². The molecule has 0 aliphatic carbocycles. The quantitative estimate of drug-likeness (QED) is 0.732. The Morgan fingerprint density at radius 1 is 1.00 bits per heavy atom. The summed E-state index contributed by atoms with van der Waals surface area (Å²) in [7, 11) is 1.52. The van der Waals surface area contributed by atoms with Crippen LogP contribution in [-0.2, 0) is 14.3 Å². The summed E-state index contributed by atoms with van der Waals surface area (Å²) in [6.07, 6.45) is -0.971. The maximum Gasteiger partial charge on any atom is 0.344 e. The van der Waals surface area contributed by atoms with Gasteiger partial charge in [-0.05, 0) is 63.4 Å². The van der Waals surface area contributed by atoms with Crippen molar-refractivity contribution in [1.82, 2.24) is 0 Å². The number of ether oxygens (including phenoxy) is 3. The molecule has 0 radical (unpaired) electrons. The predicted octanol–water partition coefficient (Wildman–Crippen LogP) is 3.88. The van der Waals surface area contributed by atoms with Gasteiger partial charge in [-0.15, -0.1) is 0 Å². The molecule has 0 heterocycles. The summed E-state index contributed by atoms with van der Waals surface area (Å²) in [5.74, 6) is 0.133. The lowest BCUT2D eigenvalue weighted by atomic mass is 10.1. The lowest BCUT2D eigenvalue weighted by Gasteiger charge is -2.17. The molecule has 28 heavy (non-hydrogen) atoms. The molecule has 0 aliphatic heterocycles. The molecule has 0 spiro atoms. The Bertz CT molecular complexity index is 852. The summed E-state index contributed by atoms with van der Waals surface area (Å²) < 4.78 is 16.0. The SMILES string of the molecule is COc1ccc(C)cc1NC(=O)[C@H](C)OC(=O)COc1c(C)cc(C)cc1C. The number of methoxy groups -OCH3 is 1. The Kier molecular flexibility index (Phi) is 7.04. The van der Waals surface area contributed by atoms with Crippen LogP contribution in [0.5, 0.6) is 11.5 Å². The normalized spacial score (nSPS) is 11.5. The zero-order valence-electron chi connectivity index (χ0n) is 17.2. The Balaban J connectivity index is 1.93. The smallest absolute Gasteiger partial charge is 0.344 e. The summed E-state index contributed by atoms with van der Waals surface area (Å²) in [5, 5.41) is 2.72. The molecule has 6 nitrogen and oxygen atoms in total. The van der Waals surface area contributed by atoms with E-state index < -0.39 is 18.0 Å². The minimum atomic E-state index is -0.971. The van der Waals surface area contributed by atoms with Crippen LogP contribution in [0.3, 0.4) is 0 Å². The molecule has 6 heteroatoms. The molecule has 150 valence electrons. The van der Waals surface area contributed by atoms with Crippen LogP contribution in [-0.4, -0.2) is 31.7 Å². The second-order valence-electron chi connectivity index (χ2n) is 6.84. The third kappa shape index (κ3) is 5.49. The van der Waals surface area contributed by atoms with E-state index in [0.29, 0.717) is 17.2 Å². The highest BCUT2D eigenvalue weighted by Crippen LogP contribution is 2.26. The van der Waals surface area contributed by atoms with Crippen molar-refractivity contribution in [3.05, 3.63) is 52.6 Å². The van der Waals surface area contributed by atoms with Crippen molar-refractivity contribution in [1.29, 1.82) is 0 Å². The van der Waals surface area contributed by atoms with Gasteiger partial charge in [-0.25, -0.2) is 4.79 Å². The van der Waals surface area contributed by atoms with E-state index in [0.717, 1.165) is 22.3 Å². The first-order valence-corrected chi connectivity index (χ1v) is 9.07. The van der Waals surface area contributed by atoms with Crippen molar-refractivity contribution in [2.45, 2.75) is 40.7 Å². The molecule has 0 aliphatic rings. The topological polar surface area (TPSA) is 73.9 Å². The molecule has 0 unspecified atom stereocenters. The van der Waals surface area contributed by atoms with Crippen LogP contribution in [0.2, 0.25) is 0 Å². The van der Waals surface area contributed by atoms with Crippen molar-refractivity contribution in [3.8, 4) is 11.5 Å². The first-order valence-electron chi connectivity index (χ1n) is 9.07. The van der Waals surface area contributed by atoms with E-state index in [1.54, 1.807) is 12.1 Å². The number of amides is 1. The fourth-order valence-corrected chi connectivity index (χ4v) is 2.96. The van der Waals surface area contributed by atoms with E-state index in [4.69, 9.17) is 14.2 Å². The molecule has 0 saturated carbocycles. The Hall–Kier alpha value is -3.02. The van der Waals surface area contributed by atoms with Crippen LogP contribution in [0.4, 0.5) is 5.69 Å². The maximum atomic E-state index is 12.4. The molecule has 2 aromatic rings. The Labute approximate surface area is 165 Å². The van der Waals surface area contributed by atoms with Gasteiger partial charge in [0.2, 0.25) is 0 Å². The van der Waals surface area contributed by atoms with E-state index in [-0.39, 0.29) is 6.61 Å². The number of anilines is 1. The van der Waals surface area contributed by atoms with Crippen molar-refractivity contribution < 1.29 is 23.8 Å². The molecule has 2 rings (SSSR count). The van der Waals surface area contributed by atoms with E-state index in [1.165, 1.54) is 14.0 Å². The summed E-state index contributed by atoms with van der Waals surface area (Å²) in [4.78, 5) is 24.5. The van der Waals surface area contributed by atoms with Gasteiger partial charge >= 0.3 is 5.97 Å². The highest BCUT2D eigenvalue weighted by molar-refractivity contribution is 5.96. The van der Waals surface area contributed by atoms with Crippen LogP contribution in [0.1, 0.15) is 29.2 Å². The second kappa shape index (κ2) is 9.26. The Morgan fingerprint density at radius 3 is 2.25 bits per heavy atom. The molecule has 1 atom stereocenters. The highest BCUT2D eigenvalue weighted by Gasteiger charge is 2.20. The number of esters is 1. The van der Waals surface area contributed by atoms with Gasteiger partial charge in [-0.2, -0.15) is 0 Å². The van der Waals surface area contributed by atoms with Crippen molar-refractivity contribution in [2.24, 2.45) is 0 Å². The monoisotopic (exact) mass is 385 g/mol. The number of benzene rings is 2. The number of hydrogen-bond donors (Lipinski definition) is 1. The first-order chi connectivity index (χ1) is 13.2. The van der Waals surface area contributed by atoms with Gasteiger partial charge in [0.15, 0.2) is 12.7 Å². The number of carbonyl (C=O) groups is 2. The lowest BCUT2D eigenvalue weighted by Crippen LogP contribution is -2.31. The highest BCUT2D eigenvalue weighted by atomic mass is 16.6. The van der Waals surface area contributed by atoms with Gasteiger partial charge in [0.1, 0.15) is 11.5 Å². The Morgan fingerprint density at radius 2 is 1.64 bits per heavy atom. The number of rotatable bonds is 7. The van der Waals surface area contributed by atoms with Gasteiger partial charge in [0.25, 0.3) is 5.91 Å². The zero-order chi connectivity index (χ0) is 20.8. The van der Waals surface area contributed by atoms with Crippen LogP contribution in [0, 0.1) is 27.7 Å². The summed E-state index contributed by atoms with van der Waals surface area (Å²) in [6, 6.07) is 9.40. The van der Waals surface area contributed by atoms with Crippen LogP contribution < -0.4 is 14.8 Å². The van der Waals surface area contributed by atoms with E-state index in [9.17, 15) is 9.59 Å². The third-order valence-corrected chi connectivity index (χ3v) is 4.23. The third-order valence-electron chi connectivity index (χ3n) is 4.23. The zero-order valence-corrected chi connectivity index (χ0v) is 17.2. The first kappa shape index (κ1) is 21.3. The van der Waals surface area contributed by atoms with Crippen molar-refractivity contribution in [2.75, 3.05) is 19.0 Å². The van der Waals surface area contributed by atoms with E-state index >= 15 is 0 Å². The number of carbonyl (C=O) groups excluding carboxylic acids is 2. The lowest BCUT2D eigenvalue weighted by molar-refractivity contribution is -0.155. The maximum absolute atomic E-state index is 12.4. The minimum absolute atomic E-state index is 0.268. The van der Waals surface area contributed by atoms with Crippen LogP contribution in [0.25, 0.3) is 0 Å². The fraction of sp³-hybridized carbons (Fsp3) is 0.364. The van der Waals surface area contributed by atoms with Crippen LogP contribution >= 0.6 is 0 Å². The number of hydrogen-bond acceptors (Lipinski definition) is 5. The number of nitrogens with one attached hydrogen (secondary N) is 1. The minimum Gasteiger partial charge on any atom is -0.495 e. The average molecular weight is 385 g/mol. The van der Waals surface area contributed by atoms with Gasteiger partial charge in [-0.1, -0.05) is 23.8 Å². The second-order valence-corrected chi connectivity index (χ2v) is 6.84. The standard InChI is InChI=1S/C22H27NO5/c1-13-7-8-19(26-6)18(11-13)23-22(25)17(5)28-20(24)12-27-21-15(3)9-14(2)10-16(21)4/h7-11,17H,12H2,1-6H3,(H,23,25)/t17-/m0/s1. The largest absolute Gasteiger partial charge is 0.495 e. The molecule has 1 N–H and O–H groups in total. The van der Waals surface area contributed by atoms with Crippen molar-refractivity contribution >= 4 is 17.6 Å².